The number of hydrogen-bond donors (Lipinski definition) is 2. The van der Waals surface area contributed by atoms with Gasteiger partial charge in [0.1, 0.15) is 0 Å². The van der Waals surface area contributed by atoms with E-state index in [2.05, 4.69) is 16.6 Å². The quantitative estimate of drug-likeness (QED) is 0.624. The van der Waals surface area contributed by atoms with Gasteiger partial charge in [-0.2, -0.15) is 0 Å². The molecule has 1 aromatic carbocycles. The van der Waals surface area contributed by atoms with Gasteiger partial charge in [-0.15, -0.1) is 18.2 Å². The van der Waals surface area contributed by atoms with E-state index in [0.717, 1.165) is 10.6 Å². The lowest BCUT2D eigenvalue weighted by Gasteiger charge is -2.04. The lowest BCUT2D eigenvalue weighted by atomic mass is 10.3. The third-order valence-corrected chi connectivity index (χ3v) is 2.94. The van der Waals surface area contributed by atoms with E-state index in [1.165, 1.54) is 18.7 Å². The van der Waals surface area contributed by atoms with Crippen molar-refractivity contribution in [2.24, 2.45) is 0 Å². The predicted octanol–water partition coefficient (Wildman–Crippen LogP) is 1.49. The van der Waals surface area contributed by atoms with Crippen LogP contribution in [0.4, 0.5) is 5.69 Å². The summed E-state index contributed by atoms with van der Waals surface area (Å²) in [6.45, 7) is 1.71. The molecule has 1 aromatic rings. The standard InChI is InChI=1S/C13H14N2O2S/c1-3-8-14-13(17)9-18-12-6-4-11(5-7-12)15-10(2)16/h1,4-7H,8-9H2,2H3,(H,14,17)(H,15,16). The molecule has 0 aromatic heterocycles. The molecule has 0 aliphatic carbocycles. The molecular formula is C13H14N2O2S. The number of benzene rings is 1. The van der Waals surface area contributed by atoms with E-state index in [1.807, 2.05) is 12.1 Å². The van der Waals surface area contributed by atoms with Crippen LogP contribution in [-0.4, -0.2) is 24.1 Å². The predicted molar refractivity (Wildman–Crippen MR) is 73.3 cm³/mol. The Labute approximate surface area is 111 Å². The monoisotopic (exact) mass is 262 g/mol. The van der Waals surface area contributed by atoms with Crippen LogP contribution in [0.5, 0.6) is 0 Å². The van der Waals surface area contributed by atoms with Crippen LogP contribution in [0, 0.1) is 12.3 Å². The molecule has 94 valence electrons. The van der Waals surface area contributed by atoms with Crippen molar-refractivity contribution < 1.29 is 9.59 Å². The second-order valence-corrected chi connectivity index (χ2v) is 4.52. The summed E-state index contributed by atoms with van der Waals surface area (Å²) in [7, 11) is 0. The Hall–Kier alpha value is -1.93. The fraction of sp³-hybridized carbons (Fsp3) is 0.231. The minimum absolute atomic E-state index is 0.0936. The number of nitrogens with one attached hydrogen (secondary N) is 2. The molecule has 0 unspecified atom stereocenters. The number of amides is 2. The number of carbonyl (C=O) groups excluding carboxylic acids is 2. The molecule has 0 heterocycles. The van der Waals surface area contributed by atoms with Crippen LogP contribution in [0.3, 0.4) is 0 Å². The summed E-state index contributed by atoms with van der Waals surface area (Å²) >= 11 is 1.41. The zero-order valence-electron chi connectivity index (χ0n) is 10.0. The fourth-order valence-corrected chi connectivity index (χ4v) is 1.92. The van der Waals surface area contributed by atoms with Crippen molar-refractivity contribution in [3.63, 3.8) is 0 Å². The molecule has 0 fully saturated rings. The first kappa shape index (κ1) is 14.1. The van der Waals surface area contributed by atoms with Gasteiger partial charge in [0.2, 0.25) is 11.8 Å². The molecule has 0 aliphatic heterocycles. The van der Waals surface area contributed by atoms with Crippen LogP contribution in [0.2, 0.25) is 0 Å². The van der Waals surface area contributed by atoms with Gasteiger partial charge in [-0.05, 0) is 24.3 Å². The van der Waals surface area contributed by atoms with E-state index in [-0.39, 0.29) is 18.4 Å². The number of rotatable bonds is 5. The van der Waals surface area contributed by atoms with E-state index in [0.29, 0.717) is 5.75 Å². The molecule has 5 heteroatoms. The van der Waals surface area contributed by atoms with Crippen LogP contribution >= 0.6 is 11.8 Å². The number of carbonyl (C=O) groups is 2. The van der Waals surface area contributed by atoms with Crippen molar-refractivity contribution in [2.75, 3.05) is 17.6 Å². The van der Waals surface area contributed by atoms with Crippen molar-refractivity contribution >= 4 is 29.3 Å². The molecule has 0 atom stereocenters. The maximum Gasteiger partial charge on any atom is 0.231 e. The van der Waals surface area contributed by atoms with Crippen LogP contribution in [0.25, 0.3) is 0 Å². The minimum Gasteiger partial charge on any atom is -0.344 e. The van der Waals surface area contributed by atoms with Gasteiger partial charge in [0.05, 0.1) is 12.3 Å². The van der Waals surface area contributed by atoms with E-state index in [1.54, 1.807) is 12.1 Å². The average molecular weight is 262 g/mol. The average Bonchev–Trinajstić information content (AvgIpc) is 2.35. The highest BCUT2D eigenvalue weighted by Crippen LogP contribution is 2.19. The van der Waals surface area contributed by atoms with E-state index in [9.17, 15) is 9.59 Å². The molecule has 4 nitrogen and oxygen atoms in total. The molecule has 1 rings (SSSR count). The third-order valence-electron chi connectivity index (χ3n) is 1.93. The maximum absolute atomic E-state index is 11.3. The van der Waals surface area contributed by atoms with Gasteiger partial charge >= 0.3 is 0 Å². The summed E-state index contributed by atoms with van der Waals surface area (Å²) in [5.41, 5.74) is 0.739. The number of anilines is 1. The van der Waals surface area contributed by atoms with Crippen LogP contribution in [0.15, 0.2) is 29.2 Å². The Kier molecular flexibility index (Phi) is 5.81. The normalized spacial score (nSPS) is 9.33. The van der Waals surface area contributed by atoms with Gasteiger partial charge in [0.15, 0.2) is 0 Å². The molecule has 2 amide bonds. The first-order valence-electron chi connectivity index (χ1n) is 5.32. The Morgan fingerprint density at radius 3 is 2.56 bits per heavy atom. The lowest BCUT2D eigenvalue weighted by molar-refractivity contribution is -0.118. The summed E-state index contributed by atoms with van der Waals surface area (Å²) in [6.07, 6.45) is 5.03. The Morgan fingerprint density at radius 2 is 2.00 bits per heavy atom. The van der Waals surface area contributed by atoms with Crippen molar-refractivity contribution in [1.82, 2.24) is 5.32 Å². The lowest BCUT2D eigenvalue weighted by Crippen LogP contribution is -2.25. The summed E-state index contributed by atoms with van der Waals surface area (Å²) in [5, 5.41) is 5.26. The first-order valence-corrected chi connectivity index (χ1v) is 6.31. The van der Waals surface area contributed by atoms with Gasteiger partial charge in [0, 0.05) is 17.5 Å². The second kappa shape index (κ2) is 7.41. The molecule has 0 saturated heterocycles. The van der Waals surface area contributed by atoms with Gasteiger partial charge in [-0.1, -0.05) is 5.92 Å². The summed E-state index contributed by atoms with van der Waals surface area (Å²) in [6, 6.07) is 7.29. The fourth-order valence-electron chi connectivity index (χ4n) is 1.19. The highest BCUT2D eigenvalue weighted by atomic mass is 32.2. The summed E-state index contributed by atoms with van der Waals surface area (Å²) in [4.78, 5) is 23.1. The second-order valence-electron chi connectivity index (χ2n) is 3.48. The smallest absolute Gasteiger partial charge is 0.231 e. The van der Waals surface area contributed by atoms with Gasteiger partial charge in [-0.25, -0.2) is 0 Å². The Morgan fingerprint density at radius 1 is 1.33 bits per heavy atom. The SMILES string of the molecule is C#CCNC(=O)CSc1ccc(NC(C)=O)cc1. The number of thioether (sulfide) groups is 1. The molecule has 18 heavy (non-hydrogen) atoms. The Bertz CT molecular complexity index is 463. The van der Waals surface area contributed by atoms with Crippen molar-refractivity contribution in [3.05, 3.63) is 24.3 Å². The van der Waals surface area contributed by atoms with E-state index in [4.69, 9.17) is 6.42 Å². The van der Waals surface area contributed by atoms with Gasteiger partial charge < -0.3 is 10.6 Å². The minimum atomic E-state index is -0.107. The Balaban J connectivity index is 2.42. The maximum atomic E-state index is 11.3. The zero-order chi connectivity index (χ0) is 13.4. The van der Waals surface area contributed by atoms with Crippen molar-refractivity contribution in [3.8, 4) is 12.3 Å². The summed E-state index contributed by atoms with van der Waals surface area (Å²) < 4.78 is 0. The molecule has 0 bridgehead atoms. The zero-order valence-corrected chi connectivity index (χ0v) is 10.8. The topological polar surface area (TPSA) is 58.2 Å². The highest BCUT2D eigenvalue weighted by Gasteiger charge is 2.02. The van der Waals surface area contributed by atoms with Crippen LogP contribution in [0.1, 0.15) is 6.92 Å². The molecular weight excluding hydrogens is 248 g/mol. The molecule has 0 radical (unpaired) electrons. The molecule has 0 spiro atoms. The van der Waals surface area contributed by atoms with Gasteiger partial charge in [-0.3, -0.25) is 9.59 Å². The molecule has 0 saturated carbocycles. The molecule has 0 aliphatic rings. The van der Waals surface area contributed by atoms with Crippen molar-refractivity contribution in [2.45, 2.75) is 11.8 Å². The van der Waals surface area contributed by atoms with E-state index < -0.39 is 0 Å². The largest absolute Gasteiger partial charge is 0.344 e. The van der Waals surface area contributed by atoms with Crippen LogP contribution in [-0.2, 0) is 9.59 Å². The van der Waals surface area contributed by atoms with Crippen LogP contribution < -0.4 is 10.6 Å². The number of terminal acetylenes is 1. The van der Waals surface area contributed by atoms with Crippen molar-refractivity contribution in [1.29, 1.82) is 0 Å². The van der Waals surface area contributed by atoms with E-state index >= 15 is 0 Å². The molecule has 2 N–H and O–H groups in total. The highest BCUT2D eigenvalue weighted by molar-refractivity contribution is 8.00. The number of hydrogen-bond acceptors (Lipinski definition) is 3. The first-order chi connectivity index (χ1) is 8.61. The third kappa shape index (κ3) is 5.41. The van der Waals surface area contributed by atoms with Gasteiger partial charge in [0.25, 0.3) is 0 Å². The summed E-state index contributed by atoms with van der Waals surface area (Å²) in [5.74, 6) is 2.46.